The third-order valence-corrected chi connectivity index (χ3v) is 4.42. The van der Waals surface area contributed by atoms with E-state index >= 15 is 0 Å². The minimum absolute atomic E-state index is 0.371. The standard InChI is InChI=1S/C10H15NO2S2/c1-6(2)4-14-5-8-11-7(3)9(15-8)10(12)13/h6H,4-5H2,1-3H3,(H,12,13). The molecule has 3 nitrogen and oxygen atoms in total. The van der Waals surface area contributed by atoms with Crippen LogP contribution in [0.4, 0.5) is 0 Å². The predicted molar refractivity (Wildman–Crippen MR) is 64.8 cm³/mol. The van der Waals surface area contributed by atoms with Crippen molar-refractivity contribution in [2.75, 3.05) is 5.75 Å². The van der Waals surface area contributed by atoms with Crippen molar-refractivity contribution in [3.05, 3.63) is 15.6 Å². The number of hydrogen-bond donors (Lipinski definition) is 1. The first-order valence-electron chi connectivity index (χ1n) is 4.78. The number of aromatic nitrogens is 1. The smallest absolute Gasteiger partial charge is 0.347 e. The second-order valence-corrected chi connectivity index (χ2v) is 5.85. The molecule has 5 heteroatoms. The molecule has 0 spiro atoms. The summed E-state index contributed by atoms with van der Waals surface area (Å²) in [5.74, 6) is 1.69. The van der Waals surface area contributed by atoms with E-state index in [1.165, 1.54) is 11.3 Å². The Kier molecular flexibility index (Phi) is 4.60. The summed E-state index contributed by atoms with van der Waals surface area (Å²) in [5.41, 5.74) is 0.632. The van der Waals surface area contributed by atoms with E-state index in [2.05, 4.69) is 18.8 Å². The van der Waals surface area contributed by atoms with E-state index in [1.807, 2.05) is 0 Å². The van der Waals surface area contributed by atoms with Gasteiger partial charge in [-0.2, -0.15) is 11.8 Å². The molecule has 0 atom stereocenters. The van der Waals surface area contributed by atoms with Gasteiger partial charge in [-0.3, -0.25) is 0 Å². The third kappa shape index (κ3) is 3.83. The van der Waals surface area contributed by atoms with Crippen molar-refractivity contribution in [2.45, 2.75) is 26.5 Å². The van der Waals surface area contributed by atoms with Gasteiger partial charge < -0.3 is 5.11 Å². The first-order valence-corrected chi connectivity index (χ1v) is 6.75. The summed E-state index contributed by atoms with van der Waals surface area (Å²) < 4.78 is 0. The highest BCUT2D eigenvalue weighted by Gasteiger charge is 2.13. The maximum absolute atomic E-state index is 10.8. The number of thioether (sulfide) groups is 1. The maximum Gasteiger partial charge on any atom is 0.347 e. The van der Waals surface area contributed by atoms with Crippen molar-refractivity contribution in [3.8, 4) is 0 Å². The van der Waals surface area contributed by atoms with Crippen molar-refractivity contribution in [1.29, 1.82) is 0 Å². The van der Waals surface area contributed by atoms with Crippen molar-refractivity contribution < 1.29 is 9.90 Å². The number of hydrogen-bond acceptors (Lipinski definition) is 4. The van der Waals surface area contributed by atoms with Gasteiger partial charge in [-0.15, -0.1) is 11.3 Å². The number of aryl methyl sites for hydroxylation is 1. The SMILES string of the molecule is Cc1nc(CSCC(C)C)sc1C(=O)O. The molecule has 0 amide bonds. The number of thiazole rings is 1. The second kappa shape index (κ2) is 5.51. The summed E-state index contributed by atoms with van der Waals surface area (Å²) in [4.78, 5) is 15.4. The van der Waals surface area contributed by atoms with Gasteiger partial charge in [0.15, 0.2) is 0 Å². The molecule has 0 bridgehead atoms. The van der Waals surface area contributed by atoms with Crippen LogP contribution in [0.15, 0.2) is 0 Å². The molecular formula is C10H15NO2S2. The van der Waals surface area contributed by atoms with Crippen LogP contribution in [0, 0.1) is 12.8 Å². The van der Waals surface area contributed by atoms with Crippen molar-refractivity contribution in [3.63, 3.8) is 0 Å². The molecule has 1 heterocycles. The summed E-state index contributed by atoms with van der Waals surface area (Å²) in [6.07, 6.45) is 0. The lowest BCUT2D eigenvalue weighted by atomic mass is 10.3. The fraction of sp³-hybridized carbons (Fsp3) is 0.600. The van der Waals surface area contributed by atoms with E-state index in [0.29, 0.717) is 16.5 Å². The van der Waals surface area contributed by atoms with Gasteiger partial charge in [0, 0.05) is 5.75 Å². The van der Waals surface area contributed by atoms with Gasteiger partial charge in [-0.25, -0.2) is 9.78 Å². The molecule has 1 N–H and O–H groups in total. The molecule has 0 unspecified atom stereocenters. The molecule has 0 saturated carbocycles. The first kappa shape index (κ1) is 12.5. The maximum atomic E-state index is 10.8. The predicted octanol–water partition coefficient (Wildman–Crippen LogP) is 3.04. The minimum Gasteiger partial charge on any atom is -0.477 e. The highest BCUT2D eigenvalue weighted by molar-refractivity contribution is 7.98. The van der Waals surface area contributed by atoms with Crippen LogP contribution in [0.3, 0.4) is 0 Å². The minimum atomic E-state index is -0.870. The zero-order valence-corrected chi connectivity index (χ0v) is 10.7. The Balaban J connectivity index is 2.56. The highest BCUT2D eigenvalue weighted by atomic mass is 32.2. The van der Waals surface area contributed by atoms with E-state index in [0.717, 1.165) is 16.5 Å². The van der Waals surface area contributed by atoms with Crippen LogP contribution in [0.25, 0.3) is 0 Å². The fourth-order valence-corrected chi connectivity index (χ4v) is 3.11. The Morgan fingerprint density at radius 2 is 2.27 bits per heavy atom. The van der Waals surface area contributed by atoms with Gasteiger partial charge in [-0.1, -0.05) is 13.8 Å². The van der Waals surface area contributed by atoms with Crippen LogP contribution in [-0.4, -0.2) is 21.8 Å². The molecule has 15 heavy (non-hydrogen) atoms. The van der Waals surface area contributed by atoms with E-state index in [1.54, 1.807) is 18.7 Å². The molecule has 0 aliphatic rings. The first-order chi connectivity index (χ1) is 7.00. The Morgan fingerprint density at radius 3 is 2.73 bits per heavy atom. The number of rotatable bonds is 5. The van der Waals surface area contributed by atoms with Crippen LogP contribution in [0.5, 0.6) is 0 Å². The number of nitrogens with zero attached hydrogens (tertiary/aromatic N) is 1. The van der Waals surface area contributed by atoms with Gasteiger partial charge in [-0.05, 0) is 18.6 Å². The van der Waals surface area contributed by atoms with Gasteiger partial charge in [0.05, 0.1) is 5.69 Å². The molecule has 0 fully saturated rings. The largest absolute Gasteiger partial charge is 0.477 e. The zero-order valence-electron chi connectivity index (χ0n) is 9.11. The molecule has 0 aliphatic carbocycles. The van der Waals surface area contributed by atoms with Crippen LogP contribution in [0.2, 0.25) is 0 Å². The van der Waals surface area contributed by atoms with E-state index in [4.69, 9.17) is 5.11 Å². The lowest BCUT2D eigenvalue weighted by Gasteiger charge is -2.01. The Labute approximate surface area is 97.9 Å². The van der Waals surface area contributed by atoms with Gasteiger partial charge in [0.25, 0.3) is 0 Å². The monoisotopic (exact) mass is 245 g/mol. The Bertz CT molecular complexity index is 347. The number of aromatic carboxylic acids is 1. The molecular weight excluding hydrogens is 230 g/mol. The summed E-state index contributed by atoms with van der Waals surface area (Å²) in [6, 6.07) is 0. The van der Waals surface area contributed by atoms with Crippen LogP contribution in [-0.2, 0) is 5.75 Å². The zero-order chi connectivity index (χ0) is 11.4. The van der Waals surface area contributed by atoms with Crippen LogP contribution in [0.1, 0.15) is 34.2 Å². The van der Waals surface area contributed by atoms with Crippen molar-refractivity contribution >= 4 is 29.1 Å². The van der Waals surface area contributed by atoms with Crippen molar-refractivity contribution in [1.82, 2.24) is 4.98 Å². The fourth-order valence-electron chi connectivity index (χ4n) is 1.09. The van der Waals surface area contributed by atoms with Crippen LogP contribution < -0.4 is 0 Å². The lowest BCUT2D eigenvalue weighted by Crippen LogP contribution is -1.94. The molecule has 0 aliphatic heterocycles. The Hall–Kier alpha value is -0.550. The average Bonchev–Trinajstić information content (AvgIpc) is 2.46. The van der Waals surface area contributed by atoms with E-state index in [9.17, 15) is 4.79 Å². The van der Waals surface area contributed by atoms with E-state index in [-0.39, 0.29) is 0 Å². The molecule has 0 radical (unpaired) electrons. The molecule has 1 aromatic heterocycles. The van der Waals surface area contributed by atoms with Crippen LogP contribution >= 0.6 is 23.1 Å². The Morgan fingerprint density at radius 1 is 1.60 bits per heavy atom. The molecule has 0 aromatic carbocycles. The summed E-state index contributed by atoms with van der Waals surface area (Å²) >= 11 is 3.09. The summed E-state index contributed by atoms with van der Waals surface area (Å²) in [6.45, 7) is 6.09. The highest BCUT2D eigenvalue weighted by Crippen LogP contribution is 2.23. The molecule has 84 valence electrons. The average molecular weight is 245 g/mol. The van der Waals surface area contributed by atoms with E-state index < -0.39 is 5.97 Å². The molecule has 1 rings (SSSR count). The quantitative estimate of drug-likeness (QED) is 0.866. The number of carboxylic acids is 1. The molecule has 0 saturated heterocycles. The third-order valence-electron chi connectivity index (χ3n) is 1.71. The second-order valence-electron chi connectivity index (χ2n) is 3.74. The number of carbonyl (C=O) groups is 1. The van der Waals surface area contributed by atoms with Gasteiger partial charge in [0.1, 0.15) is 9.88 Å². The van der Waals surface area contributed by atoms with Gasteiger partial charge in [0.2, 0.25) is 0 Å². The number of carboxylic acid groups (broad SMARTS) is 1. The van der Waals surface area contributed by atoms with Gasteiger partial charge >= 0.3 is 5.97 Å². The summed E-state index contributed by atoms with van der Waals surface area (Å²) in [7, 11) is 0. The lowest BCUT2D eigenvalue weighted by molar-refractivity contribution is 0.0701. The van der Waals surface area contributed by atoms with Crippen molar-refractivity contribution in [2.24, 2.45) is 5.92 Å². The summed E-state index contributed by atoms with van der Waals surface area (Å²) in [5, 5.41) is 9.77. The molecule has 1 aromatic rings. The normalized spacial score (nSPS) is 10.9. The topological polar surface area (TPSA) is 50.2 Å².